The number of ether oxygens (including phenoxy) is 1. The van der Waals surface area contributed by atoms with Gasteiger partial charge in [0.25, 0.3) is 0 Å². The minimum absolute atomic E-state index is 0.0988. The molecule has 2 aromatic heterocycles. The molecule has 1 aliphatic rings. The van der Waals surface area contributed by atoms with E-state index in [1.54, 1.807) is 16.3 Å². The third-order valence-corrected chi connectivity index (χ3v) is 5.99. The molecule has 1 saturated heterocycles. The summed E-state index contributed by atoms with van der Waals surface area (Å²) in [5.41, 5.74) is 3.11. The summed E-state index contributed by atoms with van der Waals surface area (Å²) in [5.74, 6) is 0.966. The molecule has 0 bridgehead atoms. The first kappa shape index (κ1) is 20.0. The molecule has 0 saturated carbocycles. The fourth-order valence-corrected chi connectivity index (χ4v) is 4.16. The van der Waals surface area contributed by atoms with Crippen molar-refractivity contribution in [1.82, 2.24) is 24.9 Å². The standard InChI is InChI=1S/C21H28N6OS/c1-14(2)17-13-24-27-19(17)25-21(28-16-8-6-10-22-12-16)26-20(27)23-11-15-7-4-5-9-18(15)29-3/h4-5,7,9,13-14,16,22H,6,8,10-12H2,1-3H3,(H,23,25,26)/t16-/m1/s1. The fraction of sp³-hybridized carbons (Fsp3) is 0.476. The average Bonchev–Trinajstić information content (AvgIpc) is 3.17. The highest BCUT2D eigenvalue weighted by Gasteiger charge is 2.20. The van der Waals surface area contributed by atoms with Gasteiger partial charge in [0.2, 0.25) is 5.95 Å². The second kappa shape index (κ2) is 9.00. The Kier molecular flexibility index (Phi) is 6.20. The van der Waals surface area contributed by atoms with Crippen molar-refractivity contribution in [1.29, 1.82) is 0 Å². The van der Waals surface area contributed by atoms with Crippen LogP contribution in [0.25, 0.3) is 5.65 Å². The first-order valence-electron chi connectivity index (χ1n) is 10.1. The lowest BCUT2D eigenvalue weighted by atomic mass is 10.1. The van der Waals surface area contributed by atoms with Gasteiger partial charge in [-0.25, -0.2) is 0 Å². The molecule has 154 valence electrons. The molecule has 4 rings (SSSR count). The molecule has 1 atom stereocenters. The summed E-state index contributed by atoms with van der Waals surface area (Å²) in [7, 11) is 0. The smallest absolute Gasteiger partial charge is 0.322 e. The third kappa shape index (κ3) is 4.48. The Morgan fingerprint density at radius 3 is 2.93 bits per heavy atom. The number of aromatic nitrogens is 4. The van der Waals surface area contributed by atoms with Gasteiger partial charge in [0.15, 0.2) is 5.65 Å². The van der Waals surface area contributed by atoms with Crippen molar-refractivity contribution < 1.29 is 4.74 Å². The lowest BCUT2D eigenvalue weighted by Gasteiger charge is -2.23. The average molecular weight is 413 g/mol. The molecule has 0 spiro atoms. The van der Waals surface area contributed by atoms with E-state index in [1.807, 2.05) is 6.20 Å². The van der Waals surface area contributed by atoms with Gasteiger partial charge in [0.1, 0.15) is 6.10 Å². The molecule has 3 aromatic rings. The predicted molar refractivity (Wildman–Crippen MR) is 117 cm³/mol. The number of piperidine rings is 1. The molecule has 1 aliphatic heterocycles. The maximum absolute atomic E-state index is 6.14. The maximum atomic E-state index is 6.14. The number of anilines is 1. The topological polar surface area (TPSA) is 76.4 Å². The molecule has 1 fully saturated rings. The normalized spacial score (nSPS) is 17.0. The van der Waals surface area contributed by atoms with Crippen LogP contribution in [0, 0.1) is 0 Å². The number of nitrogens with zero attached hydrogens (tertiary/aromatic N) is 4. The SMILES string of the molecule is CSc1ccccc1CNc1nc(O[C@@H]2CCCNC2)nc2c(C(C)C)cnn12. The number of fused-ring (bicyclic) bond motifs is 1. The first-order valence-corrected chi connectivity index (χ1v) is 11.4. The van der Waals surface area contributed by atoms with Gasteiger partial charge in [0, 0.05) is 23.5 Å². The van der Waals surface area contributed by atoms with Crippen LogP contribution in [-0.2, 0) is 6.54 Å². The van der Waals surface area contributed by atoms with Crippen molar-refractivity contribution in [3.05, 3.63) is 41.6 Å². The van der Waals surface area contributed by atoms with Crippen LogP contribution in [0.5, 0.6) is 6.01 Å². The molecule has 0 radical (unpaired) electrons. The van der Waals surface area contributed by atoms with E-state index in [4.69, 9.17) is 9.72 Å². The quantitative estimate of drug-likeness (QED) is 0.573. The number of rotatable bonds is 7. The predicted octanol–water partition coefficient (Wildman–Crippen LogP) is 3.71. The van der Waals surface area contributed by atoms with Crippen LogP contribution in [0.3, 0.4) is 0 Å². The van der Waals surface area contributed by atoms with Gasteiger partial charge in [-0.1, -0.05) is 32.0 Å². The zero-order valence-electron chi connectivity index (χ0n) is 17.2. The minimum Gasteiger partial charge on any atom is -0.459 e. The number of nitrogens with one attached hydrogen (secondary N) is 2. The second-order valence-electron chi connectivity index (χ2n) is 7.57. The second-order valence-corrected chi connectivity index (χ2v) is 8.42. The zero-order chi connectivity index (χ0) is 20.2. The summed E-state index contributed by atoms with van der Waals surface area (Å²) in [6, 6.07) is 8.79. The van der Waals surface area contributed by atoms with Crippen molar-refractivity contribution in [2.24, 2.45) is 0 Å². The van der Waals surface area contributed by atoms with E-state index in [0.717, 1.165) is 37.1 Å². The number of hydrogen-bond donors (Lipinski definition) is 2. The summed E-state index contributed by atoms with van der Waals surface area (Å²) < 4.78 is 7.92. The Labute approximate surface area is 175 Å². The monoisotopic (exact) mass is 412 g/mol. The molecule has 0 amide bonds. The molecule has 0 unspecified atom stereocenters. The van der Waals surface area contributed by atoms with Crippen molar-refractivity contribution in [2.75, 3.05) is 24.7 Å². The van der Waals surface area contributed by atoms with Crippen molar-refractivity contribution in [2.45, 2.75) is 50.2 Å². The van der Waals surface area contributed by atoms with Gasteiger partial charge in [-0.05, 0) is 43.2 Å². The Bertz CT molecular complexity index is 967. The largest absolute Gasteiger partial charge is 0.459 e. The highest BCUT2D eigenvalue weighted by molar-refractivity contribution is 7.98. The third-order valence-electron chi connectivity index (χ3n) is 5.15. The fourth-order valence-electron chi connectivity index (χ4n) is 3.54. The molecule has 3 heterocycles. The van der Waals surface area contributed by atoms with E-state index in [9.17, 15) is 0 Å². The zero-order valence-corrected chi connectivity index (χ0v) is 18.0. The van der Waals surface area contributed by atoms with Gasteiger partial charge >= 0.3 is 6.01 Å². The first-order chi connectivity index (χ1) is 14.2. The van der Waals surface area contributed by atoms with Gasteiger partial charge in [0.05, 0.1) is 6.20 Å². The van der Waals surface area contributed by atoms with E-state index in [2.05, 4.69) is 65.1 Å². The number of hydrogen-bond acceptors (Lipinski definition) is 7. The molecular formula is C21H28N6OS. The van der Waals surface area contributed by atoms with Gasteiger partial charge in [-0.2, -0.15) is 19.6 Å². The molecule has 7 nitrogen and oxygen atoms in total. The van der Waals surface area contributed by atoms with Crippen LogP contribution in [0.1, 0.15) is 43.7 Å². The summed E-state index contributed by atoms with van der Waals surface area (Å²) in [6.07, 6.45) is 6.19. The summed E-state index contributed by atoms with van der Waals surface area (Å²) >= 11 is 1.74. The van der Waals surface area contributed by atoms with Gasteiger partial charge < -0.3 is 15.4 Å². The maximum Gasteiger partial charge on any atom is 0.322 e. The molecule has 0 aliphatic carbocycles. The molecule has 2 N–H and O–H groups in total. The Hall–Kier alpha value is -2.32. The van der Waals surface area contributed by atoms with Crippen LogP contribution in [-0.4, -0.2) is 45.0 Å². The highest BCUT2D eigenvalue weighted by Crippen LogP contribution is 2.25. The van der Waals surface area contributed by atoms with E-state index < -0.39 is 0 Å². The van der Waals surface area contributed by atoms with Crippen LogP contribution in [0.15, 0.2) is 35.4 Å². The molecular weight excluding hydrogens is 384 g/mol. The van der Waals surface area contributed by atoms with E-state index >= 15 is 0 Å². The minimum atomic E-state index is 0.0988. The Morgan fingerprint density at radius 1 is 1.31 bits per heavy atom. The van der Waals surface area contributed by atoms with E-state index in [1.165, 1.54) is 10.5 Å². The number of benzene rings is 1. The van der Waals surface area contributed by atoms with Gasteiger partial charge in [-0.15, -0.1) is 11.8 Å². The van der Waals surface area contributed by atoms with Crippen LogP contribution < -0.4 is 15.4 Å². The van der Waals surface area contributed by atoms with E-state index in [-0.39, 0.29) is 6.10 Å². The van der Waals surface area contributed by atoms with Crippen molar-refractivity contribution in [3.8, 4) is 6.01 Å². The molecule has 1 aromatic carbocycles. The summed E-state index contributed by atoms with van der Waals surface area (Å²) in [5, 5.41) is 11.4. The number of thioether (sulfide) groups is 1. The molecule has 29 heavy (non-hydrogen) atoms. The van der Waals surface area contributed by atoms with Crippen LogP contribution >= 0.6 is 11.8 Å². The lowest BCUT2D eigenvalue weighted by Crippen LogP contribution is -2.37. The molecule has 8 heteroatoms. The Balaban J connectivity index is 1.65. The van der Waals surface area contributed by atoms with Crippen LogP contribution in [0.2, 0.25) is 0 Å². The summed E-state index contributed by atoms with van der Waals surface area (Å²) in [6.45, 7) is 6.82. The lowest BCUT2D eigenvalue weighted by molar-refractivity contribution is 0.153. The Morgan fingerprint density at radius 2 is 2.17 bits per heavy atom. The van der Waals surface area contributed by atoms with Crippen molar-refractivity contribution in [3.63, 3.8) is 0 Å². The van der Waals surface area contributed by atoms with Crippen LogP contribution in [0.4, 0.5) is 5.95 Å². The van der Waals surface area contributed by atoms with Gasteiger partial charge in [-0.3, -0.25) is 0 Å². The summed E-state index contributed by atoms with van der Waals surface area (Å²) in [4.78, 5) is 10.6. The van der Waals surface area contributed by atoms with E-state index in [0.29, 0.717) is 24.4 Å². The highest BCUT2D eigenvalue weighted by atomic mass is 32.2. The van der Waals surface area contributed by atoms with Crippen molar-refractivity contribution >= 4 is 23.4 Å².